The summed E-state index contributed by atoms with van der Waals surface area (Å²) in [6.45, 7) is 4.75. The summed E-state index contributed by atoms with van der Waals surface area (Å²) < 4.78 is 0. The number of benzene rings is 1. The third kappa shape index (κ3) is 14.3. The number of carbonyl (C=O) groups is 4. The summed E-state index contributed by atoms with van der Waals surface area (Å²) >= 11 is 0. The smallest absolute Gasteiger partial charge is 0.335 e. The summed E-state index contributed by atoms with van der Waals surface area (Å²) in [5, 5.41) is 19.8. The number of carbonyl (C=O) groups excluding carboxylic acids is 3. The van der Waals surface area contributed by atoms with Gasteiger partial charge in [0.1, 0.15) is 6.04 Å². The topological polar surface area (TPSA) is 137 Å². The Balaban J connectivity index is 2.54. The van der Waals surface area contributed by atoms with E-state index in [0.29, 0.717) is 18.7 Å². The molecule has 0 saturated heterocycles. The fourth-order valence-corrected chi connectivity index (χ4v) is 3.67. The molecule has 0 radical (unpaired) electrons. The van der Waals surface area contributed by atoms with Gasteiger partial charge in [-0.25, -0.2) is 9.59 Å². The van der Waals surface area contributed by atoms with Crippen LogP contribution < -0.4 is 21.3 Å². The van der Waals surface area contributed by atoms with Gasteiger partial charge >= 0.3 is 12.0 Å². The molecular formula is C27H44N4O5. The van der Waals surface area contributed by atoms with Crippen LogP contribution in [-0.4, -0.2) is 48.1 Å². The lowest BCUT2D eigenvalue weighted by Crippen LogP contribution is -2.53. The number of anilines is 1. The Hall–Kier alpha value is -3.10. The highest BCUT2D eigenvalue weighted by atomic mass is 16.4. The minimum atomic E-state index is -1.05. The molecule has 1 unspecified atom stereocenters. The standard InChI is InChI=1S/C27H44N4O5/c1-3-5-7-9-10-11-12-14-24(32)31-23(25(33)28-19-13-8-6-4-2)20-29-27(36)30-22-17-15-21(16-18-22)26(34)35/h15-18,23H,3-14,19-20H2,1-2H3,(H,28,33)(H,31,32)(H,34,35)(H2,29,30,36). The van der Waals surface area contributed by atoms with E-state index in [0.717, 1.165) is 44.9 Å². The summed E-state index contributed by atoms with van der Waals surface area (Å²) in [6.07, 6.45) is 12.1. The molecule has 0 spiro atoms. The van der Waals surface area contributed by atoms with Crippen LogP contribution in [0.1, 0.15) is 101 Å². The first-order valence-corrected chi connectivity index (χ1v) is 13.3. The van der Waals surface area contributed by atoms with Gasteiger partial charge in [-0.3, -0.25) is 9.59 Å². The van der Waals surface area contributed by atoms with E-state index in [2.05, 4.69) is 35.1 Å². The maximum absolute atomic E-state index is 12.7. The molecule has 0 saturated carbocycles. The molecule has 202 valence electrons. The van der Waals surface area contributed by atoms with Crippen LogP contribution in [0.2, 0.25) is 0 Å². The highest BCUT2D eigenvalue weighted by Crippen LogP contribution is 2.10. The number of carboxylic acid groups (broad SMARTS) is 1. The second-order valence-corrected chi connectivity index (χ2v) is 9.06. The fraction of sp³-hybridized carbons (Fsp3) is 0.630. The summed E-state index contributed by atoms with van der Waals surface area (Å²) in [6, 6.07) is 4.29. The summed E-state index contributed by atoms with van der Waals surface area (Å²) in [7, 11) is 0. The SMILES string of the molecule is CCCCCCCCCC(=O)NC(CNC(=O)Nc1ccc(C(=O)O)cc1)C(=O)NCCCCCC. The molecule has 4 amide bonds. The monoisotopic (exact) mass is 504 g/mol. The molecule has 1 atom stereocenters. The van der Waals surface area contributed by atoms with Crippen LogP contribution in [0.3, 0.4) is 0 Å². The summed E-state index contributed by atoms with van der Waals surface area (Å²) in [5.74, 6) is -1.59. The van der Waals surface area contributed by atoms with Gasteiger partial charge in [0.25, 0.3) is 0 Å². The maximum atomic E-state index is 12.7. The van der Waals surface area contributed by atoms with E-state index < -0.39 is 18.0 Å². The Morgan fingerprint density at radius 1 is 0.778 bits per heavy atom. The number of carboxylic acids is 1. The molecule has 9 heteroatoms. The lowest BCUT2D eigenvalue weighted by atomic mass is 10.1. The van der Waals surface area contributed by atoms with Gasteiger partial charge in [0.15, 0.2) is 0 Å². The van der Waals surface area contributed by atoms with Crippen LogP contribution in [0.25, 0.3) is 0 Å². The van der Waals surface area contributed by atoms with Crippen molar-refractivity contribution in [1.29, 1.82) is 0 Å². The molecule has 36 heavy (non-hydrogen) atoms. The van der Waals surface area contributed by atoms with Crippen LogP contribution >= 0.6 is 0 Å². The number of aromatic carboxylic acids is 1. The Morgan fingerprint density at radius 3 is 1.97 bits per heavy atom. The van der Waals surface area contributed by atoms with Crippen LogP contribution in [0.5, 0.6) is 0 Å². The van der Waals surface area contributed by atoms with Crippen LogP contribution in [0.4, 0.5) is 10.5 Å². The van der Waals surface area contributed by atoms with Crippen LogP contribution in [0.15, 0.2) is 24.3 Å². The molecule has 1 aromatic rings. The molecule has 0 aliphatic heterocycles. The lowest BCUT2D eigenvalue weighted by Gasteiger charge is -2.19. The van der Waals surface area contributed by atoms with Gasteiger partial charge in [0.05, 0.1) is 5.56 Å². The normalized spacial score (nSPS) is 11.4. The molecule has 0 aliphatic rings. The number of urea groups is 1. The van der Waals surface area contributed by atoms with E-state index in [9.17, 15) is 19.2 Å². The van der Waals surface area contributed by atoms with Crippen molar-refractivity contribution >= 4 is 29.5 Å². The van der Waals surface area contributed by atoms with Gasteiger partial charge in [-0.2, -0.15) is 0 Å². The fourth-order valence-electron chi connectivity index (χ4n) is 3.67. The quantitative estimate of drug-likeness (QED) is 0.172. The van der Waals surface area contributed by atoms with Crippen LogP contribution in [-0.2, 0) is 9.59 Å². The Labute approximate surface area is 215 Å². The molecule has 0 heterocycles. The van der Waals surface area contributed by atoms with Crippen molar-refractivity contribution in [2.45, 2.75) is 96.9 Å². The van der Waals surface area contributed by atoms with E-state index in [4.69, 9.17) is 5.11 Å². The zero-order valence-electron chi connectivity index (χ0n) is 21.9. The minimum absolute atomic E-state index is 0.0669. The average Bonchev–Trinajstić information content (AvgIpc) is 2.86. The highest BCUT2D eigenvalue weighted by molar-refractivity contribution is 5.92. The predicted molar refractivity (Wildman–Crippen MR) is 142 cm³/mol. The van der Waals surface area contributed by atoms with E-state index in [1.165, 1.54) is 49.9 Å². The van der Waals surface area contributed by atoms with Gasteiger partial charge in [0.2, 0.25) is 11.8 Å². The molecule has 0 aromatic heterocycles. The zero-order chi connectivity index (χ0) is 26.6. The number of unbranched alkanes of at least 4 members (excludes halogenated alkanes) is 9. The number of rotatable bonds is 19. The van der Waals surface area contributed by atoms with Crippen molar-refractivity contribution in [2.24, 2.45) is 0 Å². The molecule has 1 rings (SSSR count). The first-order valence-electron chi connectivity index (χ1n) is 13.3. The molecule has 1 aromatic carbocycles. The van der Waals surface area contributed by atoms with E-state index in [1.807, 2.05) is 0 Å². The summed E-state index contributed by atoms with van der Waals surface area (Å²) in [5.41, 5.74) is 0.526. The molecule has 0 aliphatic carbocycles. The number of nitrogens with one attached hydrogen (secondary N) is 4. The Bertz CT molecular complexity index is 798. The van der Waals surface area contributed by atoms with Gasteiger partial charge in [0, 0.05) is 25.2 Å². The van der Waals surface area contributed by atoms with Crippen molar-refractivity contribution in [1.82, 2.24) is 16.0 Å². The molecule has 5 N–H and O–H groups in total. The molecular weight excluding hydrogens is 460 g/mol. The maximum Gasteiger partial charge on any atom is 0.335 e. The van der Waals surface area contributed by atoms with Gasteiger partial charge in [-0.1, -0.05) is 71.6 Å². The minimum Gasteiger partial charge on any atom is -0.478 e. The second kappa shape index (κ2) is 19.1. The molecule has 0 bridgehead atoms. The Morgan fingerprint density at radius 2 is 1.36 bits per heavy atom. The van der Waals surface area contributed by atoms with Crippen molar-refractivity contribution in [3.8, 4) is 0 Å². The van der Waals surface area contributed by atoms with E-state index in [-0.39, 0.29) is 23.9 Å². The predicted octanol–water partition coefficient (Wildman–Crippen LogP) is 4.83. The van der Waals surface area contributed by atoms with Crippen molar-refractivity contribution in [2.75, 3.05) is 18.4 Å². The number of hydrogen-bond acceptors (Lipinski definition) is 4. The van der Waals surface area contributed by atoms with Crippen molar-refractivity contribution in [3.63, 3.8) is 0 Å². The summed E-state index contributed by atoms with van der Waals surface area (Å²) in [4.78, 5) is 48.4. The third-order valence-corrected chi connectivity index (χ3v) is 5.85. The number of amides is 4. The highest BCUT2D eigenvalue weighted by Gasteiger charge is 2.21. The molecule has 9 nitrogen and oxygen atoms in total. The van der Waals surface area contributed by atoms with Crippen LogP contribution in [0, 0.1) is 0 Å². The first-order chi connectivity index (χ1) is 17.4. The average molecular weight is 505 g/mol. The van der Waals surface area contributed by atoms with Gasteiger partial charge < -0.3 is 26.4 Å². The lowest BCUT2D eigenvalue weighted by molar-refractivity contribution is -0.128. The third-order valence-electron chi connectivity index (χ3n) is 5.85. The Kier molecular flexibility index (Phi) is 16.4. The van der Waals surface area contributed by atoms with Gasteiger partial charge in [-0.15, -0.1) is 0 Å². The van der Waals surface area contributed by atoms with Gasteiger partial charge in [-0.05, 0) is 37.1 Å². The molecule has 0 fully saturated rings. The van der Waals surface area contributed by atoms with Crippen molar-refractivity contribution < 1.29 is 24.3 Å². The van der Waals surface area contributed by atoms with E-state index in [1.54, 1.807) is 0 Å². The largest absolute Gasteiger partial charge is 0.478 e. The van der Waals surface area contributed by atoms with Crippen molar-refractivity contribution in [3.05, 3.63) is 29.8 Å². The van der Waals surface area contributed by atoms with E-state index >= 15 is 0 Å². The number of hydrogen-bond donors (Lipinski definition) is 5. The second-order valence-electron chi connectivity index (χ2n) is 9.06. The first kappa shape index (κ1) is 30.9. The zero-order valence-corrected chi connectivity index (χ0v) is 21.9.